The summed E-state index contributed by atoms with van der Waals surface area (Å²) >= 11 is 0. The van der Waals surface area contributed by atoms with Gasteiger partial charge in [0.2, 0.25) is 0 Å². The second kappa shape index (κ2) is 9.24. The van der Waals surface area contributed by atoms with Crippen LogP contribution in [0.4, 0.5) is 0 Å². The number of benzene rings is 6. The Morgan fingerprint density at radius 3 is 1.74 bits per heavy atom. The molecule has 4 heteroatoms. The van der Waals surface area contributed by atoms with Gasteiger partial charge in [0.25, 0.3) is 0 Å². The molecule has 0 unspecified atom stereocenters. The lowest BCUT2D eigenvalue weighted by molar-refractivity contribution is 0.669. The molecule has 0 atom stereocenters. The highest BCUT2D eigenvalue weighted by Crippen LogP contribution is 2.42. The fraction of sp³-hybridized carbons (Fsp3) is 0. The molecule has 194 valence electrons. The van der Waals surface area contributed by atoms with Gasteiger partial charge in [0, 0.05) is 27.1 Å². The molecule has 4 nitrogen and oxygen atoms in total. The number of hydrogen-bond donors (Lipinski definition) is 0. The van der Waals surface area contributed by atoms with Gasteiger partial charge >= 0.3 is 0 Å². The Balaban J connectivity index is 1.45. The second-order valence-corrected chi connectivity index (χ2v) is 10.4. The molecular formula is C38H20N2O2. The molecule has 2 heterocycles. The summed E-state index contributed by atoms with van der Waals surface area (Å²) in [4.78, 5) is 0. The zero-order chi connectivity index (χ0) is 28.2. The summed E-state index contributed by atoms with van der Waals surface area (Å²) in [7, 11) is 0. The van der Waals surface area contributed by atoms with Crippen LogP contribution < -0.4 is 0 Å². The van der Waals surface area contributed by atoms with E-state index in [1.807, 2.05) is 60.7 Å². The molecule has 0 aliphatic carbocycles. The van der Waals surface area contributed by atoms with Crippen LogP contribution in [0.2, 0.25) is 0 Å². The molecule has 0 amide bonds. The highest BCUT2D eigenvalue weighted by Gasteiger charge is 2.17. The molecule has 0 aliphatic heterocycles. The molecule has 42 heavy (non-hydrogen) atoms. The van der Waals surface area contributed by atoms with Crippen molar-refractivity contribution in [3.05, 3.63) is 132 Å². The Bertz CT molecular complexity index is 2410. The van der Waals surface area contributed by atoms with Crippen molar-refractivity contribution in [1.29, 1.82) is 10.5 Å². The molecule has 8 rings (SSSR count). The number of furan rings is 2. The van der Waals surface area contributed by atoms with Gasteiger partial charge in [0.05, 0.1) is 23.3 Å². The summed E-state index contributed by atoms with van der Waals surface area (Å²) in [6.45, 7) is 0. The van der Waals surface area contributed by atoms with E-state index in [0.29, 0.717) is 11.1 Å². The predicted octanol–water partition coefficient (Wildman–Crippen LogP) is 10.2. The average molecular weight is 537 g/mol. The largest absolute Gasteiger partial charge is 0.456 e. The molecule has 0 fully saturated rings. The van der Waals surface area contributed by atoms with Crippen molar-refractivity contribution in [3.63, 3.8) is 0 Å². The van der Waals surface area contributed by atoms with Gasteiger partial charge in [-0.2, -0.15) is 10.5 Å². The molecule has 2 aromatic heterocycles. The second-order valence-electron chi connectivity index (χ2n) is 10.4. The van der Waals surface area contributed by atoms with Crippen molar-refractivity contribution in [3.8, 4) is 45.5 Å². The molecule has 6 aromatic carbocycles. The van der Waals surface area contributed by atoms with Crippen LogP contribution in [-0.2, 0) is 0 Å². The lowest BCUT2D eigenvalue weighted by Gasteiger charge is -2.13. The topological polar surface area (TPSA) is 73.9 Å². The van der Waals surface area contributed by atoms with Crippen molar-refractivity contribution >= 4 is 43.9 Å². The van der Waals surface area contributed by atoms with Crippen molar-refractivity contribution in [2.75, 3.05) is 0 Å². The minimum atomic E-state index is 0.443. The van der Waals surface area contributed by atoms with Gasteiger partial charge in [-0.05, 0) is 82.4 Å². The number of nitrogens with zero attached hydrogens (tertiary/aromatic N) is 2. The van der Waals surface area contributed by atoms with Gasteiger partial charge in [-0.3, -0.25) is 0 Å². The molecule has 0 radical (unpaired) electrons. The highest BCUT2D eigenvalue weighted by atomic mass is 16.3. The summed E-state index contributed by atoms with van der Waals surface area (Å²) in [5.41, 5.74) is 9.86. The monoisotopic (exact) mass is 536 g/mol. The minimum Gasteiger partial charge on any atom is -0.456 e. The van der Waals surface area contributed by atoms with Gasteiger partial charge in [-0.1, -0.05) is 66.7 Å². The minimum absolute atomic E-state index is 0.443. The smallest absolute Gasteiger partial charge is 0.143 e. The van der Waals surface area contributed by atoms with Gasteiger partial charge < -0.3 is 8.83 Å². The lowest BCUT2D eigenvalue weighted by Crippen LogP contribution is -1.89. The van der Waals surface area contributed by atoms with E-state index in [1.54, 1.807) is 6.07 Å². The molecule has 8 aromatic rings. The van der Waals surface area contributed by atoms with Gasteiger partial charge in [0.1, 0.15) is 22.3 Å². The first kappa shape index (κ1) is 23.8. The Labute approximate surface area is 240 Å². The molecule has 0 spiro atoms. The Hall–Kier alpha value is -6.10. The Morgan fingerprint density at radius 1 is 0.429 bits per heavy atom. The number of hydrogen-bond acceptors (Lipinski definition) is 4. The zero-order valence-corrected chi connectivity index (χ0v) is 22.3. The van der Waals surface area contributed by atoms with Gasteiger partial charge in [0.15, 0.2) is 0 Å². The van der Waals surface area contributed by atoms with E-state index in [9.17, 15) is 10.5 Å². The number of nitriles is 2. The van der Waals surface area contributed by atoms with E-state index < -0.39 is 0 Å². The summed E-state index contributed by atoms with van der Waals surface area (Å²) < 4.78 is 12.6. The fourth-order valence-corrected chi connectivity index (χ4v) is 6.02. The van der Waals surface area contributed by atoms with Crippen molar-refractivity contribution < 1.29 is 8.83 Å². The third kappa shape index (κ3) is 3.68. The van der Waals surface area contributed by atoms with Crippen LogP contribution in [0.3, 0.4) is 0 Å². The van der Waals surface area contributed by atoms with Crippen LogP contribution in [0.15, 0.2) is 130 Å². The van der Waals surface area contributed by atoms with E-state index in [2.05, 4.69) is 66.7 Å². The van der Waals surface area contributed by atoms with Crippen LogP contribution in [0, 0.1) is 22.7 Å². The third-order valence-electron chi connectivity index (χ3n) is 7.89. The molecule has 0 saturated carbocycles. The van der Waals surface area contributed by atoms with Crippen LogP contribution in [0.25, 0.3) is 77.3 Å². The first-order chi connectivity index (χ1) is 20.7. The molecule has 0 bridgehead atoms. The summed E-state index contributed by atoms with van der Waals surface area (Å²) in [6.07, 6.45) is 0. The maximum absolute atomic E-state index is 9.69. The zero-order valence-electron chi connectivity index (χ0n) is 22.3. The maximum Gasteiger partial charge on any atom is 0.143 e. The number of para-hydroxylation sites is 3. The third-order valence-corrected chi connectivity index (χ3v) is 7.89. The van der Waals surface area contributed by atoms with Crippen molar-refractivity contribution in [2.24, 2.45) is 0 Å². The van der Waals surface area contributed by atoms with Gasteiger partial charge in [-0.15, -0.1) is 0 Å². The molecule has 0 saturated heterocycles. The first-order valence-electron chi connectivity index (χ1n) is 13.6. The number of rotatable bonds is 3. The summed E-state index contributed by atoms with van der Waals surface area (Å²) in [5, 5.41) is 23.6. The number of fused-ring (bicyclic) bond motifs is 6. The molecular weight excluding hydrogens is 516 g/mol. The fourth-order valence-electron chi connectivity index (χ4n) is 6.02. The summed E-state index contributed by atoms with van der Waals surface area (Å²) in [6, 6.07) is 44.6. The quantitative estimate of drug-likeness (QED) is 0.225. The predicted molar refractivity (Wildman–Crippen MR) is 167 cm³/mol. The van der Waals surface area contributed by atoms with Crippen molar-refractivity contribution in [1.82, 2.24) is 0 Å². The van der Waals surface area contributed by atoms with Crippen LogP contribution in [-0.4, -0.2) is 0 Å². The summed E-state index contributed by atoms with van der Waals surface area (Å²) in [5.74, 6) is 0. The Kier molecular flexibility index (Phi) is 5.22. The normalized spacial score (nSPS) is 11.3. The molecule has 0 aliphatic rings. The van der Waals surface area contributed by atoms with Crippen molar-refractivity contribution in [2.45, 2.75) is 0 Å². The van der Waals surface area contributed by atoms with E-state index in [-0.39, 0.29) is 0 Å². The van der Waals surface area contributed by atoms with E-state index in [1.165, 1.54) is 0 Å². The van der Waals surface area contributed by atoms with E-state index >= 15 is 0 Å². The van der Waals surface area contributed by atoms with Crippen LogP contribution in [0.5, 0.6) is 0 Å². The van der Waals surface area contributed by atoms with Crippen LogP contribution in [0.1, 0.15) is 11.1 Å². The SMILES string of the molecule is N#Cc1cc(C#N)cc(-c2cc(-c3cccc4c3oc3ccccc34)cc(-c3cccc4oc5ccccc5c34)c2)c1. The van der Waals surface area contributed by atoms with E-state index in [4.69, 9.17) is 8.83 Å². The lowest BCUT2D eigenvalue weighted by atomic mass is 9.90. The highest BCUT2D eigenvalue weighted by molar-refractivity contribution is 6.13. The van der Waals surface area contributed by atoms with E-state index in [0.717, 1.165) is 77.3 Å². The average Bonchev–Trinajstić information content (AvgIpc) is 3.63. The first-order valence-corrected chi connectivity index (χ1v) is 13.6. The Morgan fingerprint density at radius 2 is 0.976 bits per heavy atom. The standard InChI is InChI=1S/C38H20N2O2/c39-21-23-15-24(22-40)17-25(16-23)26-18-27(29-9-6-14-36-37(29)33-8-2-4-13-35(33)41-36)20-28(19-26)30-10-5-11-32-31-7-1-3-12-34(31)42-38(30)32/h1-20H. The van der Waals surface area contributed by atoms with Gasteiger partial charge in [-0.25, -0.2) is 0 Å². The molecule has 0 N–H and O–H groups in total. The maximum atomic E-state index is 9.69. The van der Waals surface area contributed by atoms with Crippen LogP contribution >= 0.6 is 0 Å².